The van der Waals surface area contributed by atoms with Gasteiger partial charge in [-0.15, -0.1) is 0 Å². The van der Waals surface area contributed by atoms with Crippen molar-refractivity contribution in [3.8, 4) is 0 Å². The van der Waals surface area contributed by atoms with Crippen molar-refractivity contribution in [3.05, 3.63) is 12.3 Å². The molecule has 0 radical (unpaired) electrons. The summed E-state index contributed by atoms with van der Waals surface area (Å²) in [5, 5.41) is 7.62. The average molecular weight is 286 g/mol. The Kier molecular flexibility index (Phi) is 4.59. The Morgan fingerprint density at radius 1 is 1.58 bits per heavy atom. The first-order chi connectivity index (χ1) is 9.05. The van der Waals surface area contributed by atoms with Crippen LogP contribution < -0.4 is 5.32 Å². The SMILES string of the molecule is CCn1nccc1S(=O)(=O)N(C)CC1CCCNC1. The lowest BCUT2D eigenvalue weighted by Gasteiger charge is -2.27. The predicted octanol–water partition coefficient (Wildman–Crippen LogP) is 0.523. The lowest BCUT2D eigenvalue weighted by Crippen LogP contribution is -2.39. The van der Waals surface area contributed by atoms with E-state index in [4.69, 9.17) is 0 Å². The molecule has 0 aromatic carbocycles. The van der Waals surface area contributed by atoms with Crippen LogP contribution in [0.25, 0.3) is 0 Å². The molecule has 0 spiro atoms. The van der Waals surface area contributed by atoms with Crippen LogP contribution in [0.2, 0.25) is 0 Å². The third-order valence-corrected chi connectivity index (χ3v) is 5.41. The monoisotopic (exact) mass is 286 g/mol. The minimum atomic E-state index is -3.43. The number of aryl methyl sites for hydroxylation is 1. The zero-order valence-electron chi connectivity index (χ0n) is 11.5. The van der Waals surface area contributed by atoms with E-state index in [1.165, 1.54) is 15.2 Å². The Bertz CT molecular complexity index is 506. The topological polar surface area (TPSA) is 67.2 Å². The maximum Gasteiger partial charge on any atom is 0.259 e. The van der Waals surface area contributed by atoms with Gasteiger partial charge in [0.25, 0.3) is 10.0 Å². The van der Waals surface area contributed by atoms with E-state index in [2.05, 4.69) is 10.4 Å². The van der Waals surface area contributed by atoms with E-state index in [9.17, 15) is 8.42 Å². The maximum absolute atomic E-state index is 12.5. The van der Waals surface area contributed by atoms with Gasteiger partial charge in [0.1, 0.15) is 0 Å². The van der Waals surface area contributed by atoms with Crippen molar-refractivity contribution in [1.82, 2.24) is 19.4 Å². The highest BCUT2D eigenvalue weighted by Gasteiger charge is 2.27. The lowest BCUT2D eigenvalue weighted by molar-refractivity contribution is 0.313. The molecule has 1 unspecified atom stereocenters. The van der Waals surface area contributed by atoms with Crippen LogP contribution in [-0.2, 0) is 16.6 Å². The molecule has 1 aromatic heterocycles. The standard InChI is InChI=1S/C12H22N4O2S/c1-3-16-12(6-8-14-16)19(17,18)15(2)10-11-5-4-7-13-9-11/h6,8,11,13H,3-5,7,9-10H2,1-2H3. The summed E-state index contributed by atoms with van der Waals surface area (Å²) in [6.07, 6.45) is 3.73. The molecular formula is C12H22N4O2S. The molecule has 0 bridgehead atoms. The van der Waals surface area contributed by atoms with Crippen molar-refractivity contribution in [3.63, 3.8) is 0 Å². The molecule has 1 aliphatic rings. The van der Waals surface area contributed by atoms with Gasteiger partial charge in [-0.3, -0.25) is 4.68 Å². The van der Waals surface area contributed by atoms with Crippen molar-refractivity contribution in [1.29, 1.82) is 0 Å². The minimum absolute atomic E-state index is 0.279. The Balaban J connectivity index is 2.10. The normalized spacial score (nSPS) is 20.9. The van der Waals surface area contributed by atoms with Gasteiger partial charge in [0.05, 0.1) is 6.20 Å². The van der Waals surface area contributed by atoms with Crippen molar-refractivity contribution in [2.45, 2.75) is 31.3 Å². The second-order valence-electron chi connectivity index (χ2n) is 4.98. The molecule has 0 aliphatic carbocycles. The van der Waals surface area contributed by atoms with Crippen molar-refractivity contribution in [2.24, 2.45) is 5.92 Å². The van der Waals surface area contributed by atoms with Crippen LogP contribution in [0.5, 0.6) is 0 Å². The Labute approximate surface area is 114 Å². The summed E-state index contributed by atoms with van der Waals surface area (Å²) in [6.45, 7) is 4.93. The largest absolute Gasteiger partial charge is 0.316 e. The zero-order chi connectivity index (χ0) is 13.9. The average Bonchev–Trinajstić information content (AvgIpc) is 2.88. The molecule has 1 atom stereocenters. The molecule has 1 aromatic rings. The van der Waals surface area contributed by atoms with Crippen LogP contribution in [0.3, 0.4) is 0 Å². The van der Waals surface area contributed by atoms with Gasteiger partial charge in [-0.25, -0.2) is 8.42 Å². The van der Waals surface area contributed by atoms with E-state index in [1.807, 2.05) is 6.92 Å². The number of rotatable bonds is 5. The molecule has 108 valence electrons. The van der Waals surface area contributed by atoms with Crippen molar-refractivity contribution >= 4 is 10.0 Å². The number of sulfonamides is 1. The van der Waals surface area contributed by atoms with Crippen LogP contribution in [0.1, 0.15) is 19.8 Å². The first-order valence-electron chi connectivity index (χ1n) is 6.74. The highest BCUT2D eigenvalue weighted by atomic mass is 32.2. The first-order valence-corrected chi connectivity index (χ1v) is 8.18. The number of nitrogens with one attached hydrogen (secondary N) is 1. The molecule has 1 aliphatic heterocycles. The molecule has 1 N–H and O–H groups in total. The second kappa shape index (κ2) is 6.02. The van der Waals surface area contributed by atoms with Gasteiger partial charge >= 0.3 is 0 Å². The van der Waals surface area contributed by atoms with Crippen molar-refractivity contribution in [2.75, 3.05) is 26.7 Å². The molecule has 1 saturated heterocycles. The molecule has 0 amide bonds. The smallest absolute Gasteiger partial charge is 0.259 e. The highest BCUT2D eigenvalue weighted by molar-refractivity contribution is 7.89. The number of hydrogen-bond acceptors (Lipinski definition) is 4. The molecule has 0 saturated carbocycles. The van der Waals surface area contributed by atoms with Gasteiger partial charge in [0.2, 0.25) is 0 Å². The fraction of sp³-hybridized carbons (Fsp3) is 0.750. The number of nitrogens with zero attached hydrogens (tertiary/aromatic N) is 3. The molecule has 7 heteroatoms. The van der Waals surface area contributed by atoms with E-state index in [0.29, 0.717) is 19.0 Å². The van der Waals surface area contributed by atoms with Crippen LogP contribution in [0.4, 0.5) is 0 Å². The first kappa shape index (κ1) is 14.5. The third-order valence-electron chi connectivity index (χ3n) is 3.57. The summed E-state index contributed by atoms with van der Waals surface area (Å²) in [5.41, 5.74) is 0. The van der Waals surface area contributed by atoms with E-state index >= 15 is 0 Å². The quantitative estimate of drug-likeness (QED) is 0.857. The lowest BCUT2D eigenvalue weighted by atomic mass is 10.00. The molecule has 2 heterocycles. The van der Waals surface area contributed by atoms with Gasteiger partial charge in [0, 0.05) is 20.1 Å². The van der Waals surface area contributed by atoms with Crippen LogP contribution in [0, 0.1) is 5.92 Å². The number of hydrogen-bond donors (Lipinski definition) is 1. The van der Waals surface area contributed by atoms with Gasteiger partial charge in [-0.05, 0) is 44.8 Å². The molecule has 1 fully saturated rings. The van der Waals surface area contributed by atoms with Gasteiger partial charge in [-0.2, -0.15) is 9.40 Å². The van der Waals surface area contributed by atoms with Crippen LogP contribution >= 0.6 is 0 Å². The molecular weight excluding hydrogens is 264 g/mol. The number of piperidine rings is 1. The van der Waals surface area contributed by atoms with E-state index < -0.39 is 10.0 Å². The van der Waals surface area contributed by atoms with Gasteiger partial charge in [-0.1, -0.05) is 0 Å². The Morgan fingerprint density at radius 3 is 3.00 bits per heavy atom. The maximum atomic E-state index is 12.5. The van der Waals surface area contributed by atoms with Crippen LogP contribution in [-0.4, -0.2) is 49.2 Å². The highest BCUT2D eigenvalue weighted by Crippen LogP contribution is 2.18. The summed E-state index contributed by atoms with van der Waals surface area (Å²) in [5.74, 6) is 0.395. The summed E-state index contributed by atoms with van der Waals surface area (Å²) < 4.78 is 28.0. The molecule has 19 heavy (non-hydrogen) atoms. The summed E-state index contributed by atoms with van der Waals surface area (Å²) in [6, 6.07) is 1.56. The summed E-state index contributed by atoms with van der Waals surface area (Å²) >= 11 is 0. The van der Waals surface area contributed by atoms with Crippen molar-refractivity contribution < 1.29 is 8.42 Å². The van der Waals surface area contributed by atoms with E-state index in [1.54, 1.807) is 13.1 Å². The second-order valence-corrected chi connectivity index (χ2v) is 6.97. The summed E-state index contributed by atoms with van der Waals surface area (Å²) in [4.78, 5) is 0. The van der Waals surface area contributed by atoms with Crippen LogP contribution in [0.15, 0.2) is 17.3 Å². The fourth-order valence-corrected chi connectivity index (χ4v) is 3.88. The fourth-order valence-electron chi connectivity index (χ4n) is 2.48. The van der Waals surface area contributed by atoms with Gasteiger partial charge < -0.3 is 5.32 Å². The van der Waals surface area contributed by atoms with Gasteiger partial charge in [0.15, 0.2) is 5.03 Å². The third kappa shape index (κ3) is 3.16. The number of aromatic nitrogens is 2. The van der Waals surface area contributed by atoms with E-state index in [0.717, 1.165) is 25.9 Å². The predicted molar refractivity (Wildman–Crippen MR) is 73.3 cm³/mol. The zero-order valence-corrected chi connectivity index (χ0v) is 12.4. The Morgan fingerprint density at radius 2 is 2.37 bits per heavy atom. The molecule has 6 nitrogen and oxygen atoms in total. The Hall–Kier alpha value is -0.920. The molecule has 2 rings (SSSR count). The van der Waals surface area contributed by atoms with E-state index in [-0.39, 0.29) is 5.03 Å². The minimum Gasteiger partial charge on any atom is -0.316 e. The summed E-state index contributed by atoms with van der Waals surface area (Å²) in [7, 11) is -1.78.